The fourth-order valence-corrected chi connectivity index (χ4v) is 2.38. The summed E-state index contributed by atoms with van der Waals surface area (Å²) in [6.07, 6.45) is 0. The highest BCUT2D eigenvalue weighted by atomic mass is 79.9. The Balaban J connectivity index is 2.42. The minimum atomic E-state index is 0.0442. The number of carbonyl (C=O) groups excluding carboxylic acids is 1. The molecule has 4 nitrogen and oxygen atoms in total. The average Bonchev–Trinajstić information content (AvgIpc) is 2.24. The first kappa shape index (κ1) is 12.4. The molecular formula is C12H16BrN3O. The van der Waals surface area contributed by atoms with Crippen LogP contribution in [0.5, 0.6) is 0 Å². The molecular weight excluding hydrogens is 282 g/mol. The number of carbonyl (C=O) groups is 1. The molecule has 1 aliphatic heterocycles. The zero-order valence-corrected chi connectivity index (χ0v) is 11.6. The van der Waals surface area contributed by atoms with E-state index in [0.717, 1.165) is 15.8 Å². The highest BCUT2D eigenvalue weighted by molar-refractivity contribution is 9.10. The molecule has 1 atom stereocenters. The Morgan fingerprint density at radius 1 is 1.47 bits per heavy atom. The Hall–Kier alpha value is -1.07. The number of likely N-dealkylation sites (N-methyl/N-ethyl adjacent to an activating group) is 1. The Morgan fingerprint density at radius 3 is 2.82 bits per heavy atom. The predicted octanol–water partition coefficient (Wildman–Crippen LogP) is 1.58. The highest BCUT2D eigenvalue weighted by Crippen LogP contribution is 2.34. The van der Waals surface area contributed by atoms with E-state index in [1.807, 2.05) is 30.0 Å². The molecule has 1 aliphatic rings. The van der Waals surface area contributed by atoms with Gasteiger partial charge in [0, 0.05) is 24.1 Å². The van der Waals surface area contributed by atoms with E-state index in [0.29, 0.717) is 13.1 Å². The van der Waals surface area contributed by atoms with E-state index < -0.39 is 0 Å². The standard InChI is InChI=1S/C12H16BrN3O/c1-8(14)6-16-7-12(17)15(2)11-5-9(13)3-4-10(11)16/h3-5,8H,6-7,14H2,1-2H3. The van der Waals surface area contributed by atoms with Crippen LogP contribution in [0.3, 0.4) is 0 Å². The van der Waals surface area contributed by atoms with Crippen LogP contribution in [0.15, 0.2) is 22.7 Å². The number of rotatable bonds is 2. The number of fused-ring (bicyclic) bond motifs is 1. The van der Waals surface area contributed by atoms with Crippen molar-refractivity contribution in [2.24, 2.45) is 5.73 Å². The molecule has 1 aromatic rings. The van der Waals surface area contributed by atoms with Crippen LogP contribution < -0.4 is 15.5 Å². The van der Waals surface area contributed by atoms with Crippen LogP contribution in [-0.4, -0.2) is 32.1 Å². The summed E-state index contributed by atoms with van der Waals surface area (Å²) in [5.41, 5.74) is 7.80. The molecule has 0 saturated carbocycles. The summed E-state index contributed by atoms with van der Waals surface area (Å²) in [5, 5.41) is 0. The normalized spacial score (nSPS) is 17.1. The second-order valence-corrected chi connectivity index (χ2v) is 5.36. The lowest BCUT2D eigenvalue weighted by Crippen LogP contribution is -2.47. The van der Waals surface area contributed by atoms with Gasteiger partial charge in [0.15, 0.2) is 0 Å². The Bertz CT molecular complexity index is 447. The number of anilines is 2. The van der Waals surface area contributed by atoms with Gasteiger partial charge in [0.25, 0.3) is 0 Å². The quantitative estimate of drug-likeness (QED) is 0.902. The van der Waals surface area contributed by atoms with Gasteiger partial charge in [-0.25, -0.2) is 0 Å². The zero-order valence-electron chi connectivity index (χ0n) is 9.98. The molecule has 0 saturated heterocycles. The van der Waals surface area contributed by atoms with Crippen molar-refractivity contribution in [3.05, 3.63) is 22.7 Å². The van der Waals surface area contributed by atoms with Gasteiger partial charge in [-0.2, -0.15) is 0 Å². The summed E-state index contributed by atoms with van der Waals surface area (Å²) in [6, 6.07) is 6.00. The van der Waals surface area contributed by atoms with Gasteiger partial charge in [-0.15, -0.1) is 0 Å². The minimum absolute atomic E-state index is 0.0442. The maximum absolute atomic E-state index is 11.9. The van der Waals surface area contributed by atoms with Crippen molar-refractivity contribution in [2.45, 2.75) is 13.0 Å². The highest BCUT2D eigenvalue weighted by Gasteiger charge is 2.26. The molecule has 0 fully saturated rings. The van der Waals surface area contributed by atoms with E-state index in [2.05, 4.69) is 15.9 Å². The van der Waals surface area contributed by atoms with Crippen molar-refractivity contribution in [1.82, 2.24) is 0 Å². The van der Waals surface area contributed by atoms with Crippen molar-refractivity contribution < 1.29 is 4.79 Å². The number of amides is 1. The van der Waals surface area contributed by atoms with Gasteiger partial charge < -0.3 is 15.5 Å². The molecule has 1 aromatic carbocycles. The molecule has 0 aliphatic carbocycles. The maximum Gasteiger partial charge on any atom is 0.246 e. The van der Waals surface area contributed by atoms with Crippen molar-refractivity contribution >= 4 is 33.2 Å². The first-order valence-corrected chi connectivity index (χ1v) is 6.35. The SMILES string of the molecule is CC(N)CN1CC(=O)N(C)c2cc(Br)ccc21. The van der Waals surface area contributed by atoms with E-state index in [1.54, 1.807) is 11.9 Å². The second kappa shape index (κ2) is 4.66. The maximum atomic E-state index is 11.9. The third-order valence-electron chi connectivity index (χ3n) is 2.85. The fraction of sp³-hybridized carbons (Fsp3) is 0.417. The van der Waals surface area contributed by atoms with Crippen LogP contribution >= 0.6 is 15.9 Å². The minimum Gasteiger partial charge on any atom is -0.359 e. The van der Waals surface area contributed by atoms with Crippen LogP contribution in [0.2, 0.25) is 0 Å². The van der Waals surface area contributed by atoms with Gasteiger partial charge >= 0.3 is 0 Å². The monoisotopic (exact) mass is 297 g/mol. The van der Waals surface area contributed by atoms with Crippen LogP contribution in [0, 0.1) is 0 Å². The molecule has 1 unspecified atom stereocenters. The fourth-order valence-electron chi connectivity index (χ4n) is 2.03. The van der Waals surface area contributed by atoms with E-state index in [1.165, 1.54) is 0 Å². The third-order valence-corrected chi connectivity index (χ3v) is 3.34. The summed E-state index contributed by atoms with van der Waals surface area (Å²) in [4.78, 5) is 15.6. The van der Waals surface area contributed by atoms with Crippen LogP contribution in [-0.2, 0) is 4.79 Å². The molecule has 0 bridgehead atoms. The lowest BCUT2D eigenvalue weighted by molar-refractivity contribution is -0.117. The van der Waals surface area contributed by atoms with Crippen LogP contribution in [0.25, 0.3) is 0 Å². The van der Waals surface area contributed by atoms with Crippen LogP contribution in [0.1, 0.15) is 6.92 Å². The Kier molecular flexibility index (Phi) is 3.40. The Morgan fingerprint density at radius 2 is 2.18 bits per heavy atom. The summed E-state index contributed by atoms with van der Waals surface area (Å²) < 4.78 is 0.971. The van der Waals surface area contributed by atoms with Gasteiger partial charge in [-0.3, -0.25) is 4.79 Å². The lowest BCUT2D eigenvalue weighted by atomic mass is 10.1. The molecule has 2 N–H and O–H groups in total. The van der Waals surface area contributed by atoms with Crippen molar-refractivity contribution in [3.8, 4) is 0 Å². The molecule has 0 radical (unpaired) electrons. The van der Waals surface area contributed by atoms with E-state index in [-0.39, 0.29) is 11.9 Å². The van der Waals surface area contributed by atoms with Gasteiger partial charge in [0.05, 0.1) is 17.9 Å². The molecule has 2 rings (SSSR count). The smallest absolute Gasteiger partial charge is 0.246 e. The van der Waals surface area contributed by atoms with Gasteiger partial charge in [0.1, 0.15) is 0 Å². The summed E-state index contributed by atoms with van der Waals surface area (Å²) in [5.74, 6) is 0.0938. The van der Waals surface area contributed by atoms with E-state index >= 15 is 0 Å². The first-order chi connectivity index (χ1) is 7.99. The predicted molar refractivity (Wildman–Crippen MR) is 73.4 cm³/mol. The molecule has 1 amide bonds. The van der Waals surface area contributed by atoms with Crippen molar-refractivity contribution in [1.29, 1.82) is 0 Å². The van der Waals surface area contributed by atoms with E-state index in [9.17, 15) is 4.79 Å². The van der Waals surface area contributed by atoms with Gasteiger partial charge in [-0.1, -0.05) is 15.9 Å². The molecule has 0 spiro atoms. The summed E-state index contributed by atoms with van der Waals surface area (Å²) in [7, 11) is 1.80. The van der Waals surface area contributed by atoms with Gasteiger partial charge in [-0.05, 0) is 25.1 Å². The lowest BCUT2D eigenvalue weighted by Gasteiger charge is -2.36. The zero-order chi connectivity index (χ0) is 12.6. The van der Waals surface area contributed by atoms with Crippen molar-refractivity contribution in [3.63, 3.8) is 0 Å². The number of nitrogens with zero attached hydrogens (tertiary/aromatic N) is 2. The summed E-state index contributed by atoms with van der Waals surface area (Å²) >= 11 is 3.43. The second-order valence-electron chi connectivity index (χ2n) is 4.44. The molecule has 92 valence electrons. The number of hydrogen-bond donors (Lipinski definition) is 1. The summed E-state index contributed by atoms with van der Waals surface area (Å²) in [6.45, 7) is 3.03. The largest absolute Gasteiger partial charge is 0.359 e. The molecule has 1 heterocycles. The Labute approximate surface area is 110 Å². The molecule has 17 heavy (non-hydrogen) atoms. The first-order valence-electron chi connectivity index (χ1n) is 5.55. The van der Waals surface area contributed by atoms with Crippen molar-refractivity contribution in [2.75, 3.05) is 29.9 Å². The number of benzene rings is 1. The number of hydrogen-bond acceptors (Lipinski definition) is 3. The van der Waals surface area contributed by atoms with Crippen LogP contribution in [0.4, 0.5) is 11.4 Å². The van der Waals surface area contributed by atoms with Gasteiger partial charge in [0.2, 0.25) is 5.91 Å². The topological polar surface area (TPSA) is 49.6 Å². The number of nitrogens with two attached hydrogens (primary N) is 1. The number of halogens is 1. The van der Waals surface area contributed by atoms with E-state index in [4.69, 9.17) is 5.73 Å². The average molecular weight is 298 g/mol. The molecule has 5 heteroatoms. The third kappa shape index (κ3) is 2.45. The molecule has 0 aromatic heterocycles.